The summed E-state index contributed by atoms with van der Waals surface area (Å²) < 4.78 is 10.8. The Morgan fingerprint density at radius 3 is 2.65 bits per heavy atom. The van der Waals surface area contributed by atoms with E-state index in [0.717, 1.165) is 6.42 Å². The summed E-state index contributed by atoms with van der Waals surface area (Å²) in [5, 5.41) is 0. The van der Waals surface area contributed by atoms with Crippen LogP contribution in [-0.4, -0.2) is 22.7 Å². The molecule has 0 aromatic carbocycles. The van der Waals surface area contributed by atoms with Gasteiger partial charge in [-0.1, -0.05) is 6.92 Å². The average Bonchev–Trinajstić information content (AvgIpc) is 2.28. The summed E-state index contributed by atoms with van der Waals surface area (Å²) in [4.78, 5) is 8.40. The zero-order valence-corrected chi connectivity index (χ0v) is 10.8. The fourth-order valence-corrected chi connectivity index (χ4v) is 1.15. The van der Waals surface area contributed by atoms with Crippen molar-refractivity contribution in [3.05, 3.63) is 11.9 Å². The van der Waals surface area contributed by atoms with Crippen LogP contribution < -0.4 is 16.0 Å². The molecule has 17 heavy (non-hydrogen) atoms. The number of hydrogen-bond donors (Lipinski definition) is 2. The molecule has 1 heterocycles. The summed E-state index contributed by atoms with van der Waals surface area (Å²) in [5.74, 6) is 6.88. The van der Waals surface area contributed by atoms with Crippen LogP contribution in [0, 0.1) is 0 Å². The maximum atomic E-state index is 5.78. The van der Waals surface area contributed by atoms with Crippen LogP contribution in [0.5, 0.6) is 5.88 Å². The van der Waals surface area contributed by atoms with Gasteiger partial charge in [0.1, 0.15) is 18.0 Å². The molecule has 6 heteroatoms. The zero-order valence-electron chi connectivity index (χ0n) is 10.8. The number of nitrogens with two attached hydrogens (primary N) is 1. The summed E-state index contributed by atoms with van der Waals surface area (Å²) in [6.45, 7) is 6.37. The third-order valence-electron chi connectivity index (χ3n) is 2.40. The molecule has 3 N–H and O–H groups in total. The Kier molecular flexibility index (Phi) is 4.65. The molecule has 0 aliphatic rings. The topological polar surface area (TPSA) is 82.3 Å². The van der Waals surface area contributed by atoms with Crippen molar-refractivity contribution in [1.29, 1.82) is 0 Å². The lowest BCUT2D eigenvalue weighted by Crippen LogP contribution is -2.27. The molecule has 96 valence electrons. The van der Waals surface area contributed by atoms with Crippen LogP contribution in [0.4, 0.5) is 5.82 Å². The number of aromatic nitrogens is 2. The third-order valence-corrected chi connectivity index (χ3v) is 2.40. The Bertz CT molecular complexity index is 368. The monoisotopic (exact) mass is 240 g/mol. The van der Waals surface area contributed by atoms with Crippen molar-refractivity contribution in [2.24, 2.45) is 5.84 Å². The summed E-state index contributed by atoms with van der Waals surface area (Å²) >= 11 is 0. The highest BCUT2D eigenvalue weighted by atomic mass is 16.5. The minimum Gasteiger partial charge on any atom is -0.472 e. The standard InChI is InChI=1S/C11H20N4O2/c1-5-11(2,3)17-10-6-8(15-12)13-9(14-10)7-16-4/h6H,5,7,12H2,1-4H3,(H,13,14,15). The fourth-order valence-electron chi connectivity index (χ4n) is 1.15. The Labute approximate surface area is 102 Å². The van der Waals surface area contributed by atoms with Crippen LogP contribution in [0.1, 0.15) is 33.0 Å². The van der Waals surface area contributed by atoms with E-state index in [1.807, 2.05) is 13.8 Å². The van der Waals surface area contributed by atoms with E-state index in [4.69, 9.17) is 15.3 Å². The molecule has 1 rings (SSSR count). The highest BCUT2D eigenvalue weighted by molar-refractivity contribution is 5.37. The first-order chi connectivity index (χ1) is 8.00. The van der Waals surface area contributed by atoms with Gasteiger partial charge in [-0.05, 0) is 20.3 Å². The van der Waals surface area contributed by atoms with Gasteiger partial charge in [0.15, 0.2) is 5.82 Å². The van der Waals surface area contributed by atoms with E-state index in [2.05, 4.69) is 22.3 Å². The first-order valence-corrected chi connectivity index (χ1v) is 5.53. The zero-order chi connectivity index (χ0) is 12.9. The van der Waals surface area contributed by atoms with Crippen LogP contribution >= 0.6 is 0 Å². The summed E-state index contributed by atoms with van der Waals surface area (Å²) in [7, 11) is 1.59. The van der Waals surface area contributed by atoms with Gasteiger partial charge in [0.25, 0.3) is 0 Å². The Morgan fingerprint density at radius 1 is 1.41 bits per heavy atom. The first-order valence-electron chi connectivity index (χ1n) is 5.53. The van der Waals surface area contributed by atoms with E-state index in [9.17, 15) is 0 Å². The Morgan fingerprint density at radius 2 is 2.12 bits per heavy atom. The minimum atomic E-state index is -0.273. The van der Waals surface area contributed by atoms with Crippen LogP contribution in [0.15, 0.2) is 6.07 Å². The van der Waals surface area contributed by atoms with Crippen LogP contribution in [0.3, 0.4) is 0 Å². The predicted molar refractivity (Wildman–Crippen MR) is 65.6 cm³/mol. The summed E-state index contributed by atoms with van der Waals surface area (Å²) in [6.07, 6.45) is 0.877. The smallest absolute Gasteiger partial charge is 0.219 e. The maximum absolute atomic E-state index is 5.78. The molecular formula is C11H20N4O2. The SMILES string of the molecule is CCC(C)(C)Oc1cc(NN)nc(COC)n1. The largest absolute Gasteiger partial charge is 0.472 e. The highest BCUT2D eigenvalue weighted by Gasteiger charge is 2.18. The van der Waals surface area contributed by atoms with E-state index in [1.54, 1.807) is 13.2 Å². The number of nitrogens with one attached hydrogen (secondary N) is 1. The van der Waals surface area contributed by atoms with Crippen molar-refractivity contribution in [2.45, 2.75) is 39.4 Å². The molecule has 0 radical (unpaired) electrons. The van der Waals surface area contributed by atoms with Gasteiger partial charge in [-0.25, -0.2) is 10.8 Å². The van der Waals surface area contributed by atoms with Gasteiger partial charge in [-0.3, -0.25) is 0 Å². The van der Waals surface area contributed by atoms with Crippen LogP contribution in [0.25, 0.3) is 0 Å². The molecule has 6 nitrogen and oxygen atoms in total. The molecule has 0 aliphatic heterocycles. The molecule has 0 unspecified atom stereocenters. The van der Waals surface area contributed by atoms with Crippen LogP contribution in [0.2, 0.25) is 0 Å². The molecule has 0 saturated heterocycles. The number of methoxy groups -OCH3 is 1. The number of ether oxygens (including phenoxy) is 2. The van der Waals surface area contributed by atoms with Crippen molar-refractivity contribution in [3.63, 3.8) is 0 Å². The first kappa shape index (κ1) is 13.7. The molecule has 0 bridgehead atoms. The lowest BCUT2D eigenvalue weighted by atomic mass is 10.1. The molecule has 1 aromatic rings. The molecule has 1 aromatic heterocycles. The number of rotatable bonds is 6. The molecule has 0 aliphatic carbocycles. The number of anilines is 1. The summed E-state index contributed by atoms with van der Waals surface area (Å²) in [5.41, 5.74) is 2.21. The van der Waals surface area contributed by atoms with E-state index >= 15 is 0 Å². The van der Waals surface area contributed by atoms with E-state index in [0.29, 0.717) is 24.1 Å². The quantitative estimate of drug-likeness (QED) is 0.579. The normalized spacial score (nSPS) is 11.4. The van der Waals surface area contributed by atoms with Crippen LogP contribution in [-0.2, 0) is 11.3 Å². The molecule has 0 spiro atoms. The predicted octanol–water partition coefficient (Wildman–Crippen LogP) is 1.48. The molecule has 0 saturated carbocycles. The second-order valence-corrected chi connectivity index (χ2v) is 4.30. The Balaban J connectivity index is 2.94. The molecule has 0 amide bonds. The van der Waals surface area contributed by atoms with Crippen molar-refractivity contribution >= 4 is 5.82 Å². The molecule has 0 fully saturated rings. The van der Waals surface area contributed by atoms with E-state index in [1.165, 1.54) is 0 Å². The number of nitrogen functional groups attached to an aromatic ring is 1. The third kappa shape index (κ3) is 4.16. The second-order valence-electron chi connectivity index (χ2n) is 4.30. The summed E-state index contributed by atoms with van der Waals surface area (Å²) in [6, 6.07) is 1.66. The van der Waals surface area contributed by atoms with Gasteiger partial charge in [0.05, 0.1) is 0 Å². The lowest BCUT2D eigenvalue weighted by Gasteiger charge is -2.24. The van der Waals surface area contributed by atoms with Crippen molar-refractivity contribution in [2.75, 3.05) is 12.5 Å². The van der Waals surface area contributed by atoms with Crippen molar-refractivity contribution in [3.8, 4) is 5.88 Å². The number of hydrogen-bond acceptors (Lipinski definition) is 6. The van der Waals surface area contributed by atoms with Crippen molar-refractivity contribution < 1.29 is 9.47 Å². The number of hydrazine groups is 1. The fraction of sp³-hybridized carbons (Fsp3) is 0.636. The lowest BCUT2D eigenvalue weighted by molar-refractivity contribution is 0.0972. The average molecular weight is 240 g/mol. The van der Waals surface area contributed by atoms with E-state index in [-0.39, 0.29) is 5.60 Å². The molecular weight excluding hydrogens is 220 g/mol. The van der Waals surface area contributed by atoms with Gasteiger partial charge in [0, 0.05) is 13.2 Å². The highest BCUT2D eigenvalue weighted by Crippen LogP contribution is 2.21. The van der Waals surface area contributed by atoms with Gasteiger partial charge in [0.2, 0.25) is 5.88 Å². The van der Waals surface area contributed by atoms with E-state index < -0.39 is 0 Å². The molecule has 0 atom stereocenters. The van der Waals surface area contributed by atoms with Gasteiger partial charge < -0.3 is 14.9 Å². The van der Waals surface area contributed by atoms with Gasteiger partial charge >= 0.3 is 0 Å². The maximum Gasteiger partial charge on any atom is 0.219 e. The van der Waals surface area contributed by atoms with Gasteiger partial charge in [-0.15, -0.1) is 0 Å². The Hall–Kier alpha value is -1.40. The second kappa shape index (κ2) is 5.79. The minimum absolute atomic E-state index is 0.273. The van der Waals surface area contributed by atoms with Crippen molar-refractivity contribution in [1.82, 2.24) is 9.97 Å². The number of nitrogens with zero attached hydrogens (tertiary/aromatic N) is 2. The van der Waals surface area contributed by atoms with Gasteiger partial charge in [-0.2, -0.15) is 4.98 Å².